The topological polar surface area (TPSA) is 243 Å². The normalized spacial score (nSPS) is 30.5. The van der Waals surface area contributed by atoms with Gasteiger partial charge in [0.2, 0.25) is 0 Å². The molecular weight excluding hydrogens is 817 g/mol. The summed E-state index contributed by atoms with van der Waals surface area (Å²) in [6.45, 7) is 3.03. The number of ether oxygens (including phenoxy) is 2. The Morgan fingerprint density at radius 2 is 1.88 bits per heavy atom. The molecule has 2 aromatic carbocycles. The van der Waals surface area contributed by atoms with E-state index in [0.29, 0.717) is 68.4 Å². The molecule has 0 saturated heterocycles. The number of hydrogen-bond donors (Lipinski definition) is 9. The highest BCUT2D eigenvalue weighted by molar-refractivity contribution is 5.93. The summed E-state index contributed by atoms with van der Waals surface area (Å²) >= 11 is 0. The number of nitrogens with one attached hydrogen (secondary N) is 2. The standard InChI is InChI=1S/C50H58N4O10/c1-3-35(50(61)13-4-5-14-50)48(60)63-38-20-33-44(59)42-37(58)19-28(22-55)62-46(42)43-40-31-12-15-53-47(52)41(31)30(11-7-24-6-9-27(57)18-32(24)34(40)23-56)29-10-8-25-17-39(51)54-21-26(25)16-36(29)49(38,2)64-45(33)43/h3,6,9,12,17-19,21,29-30,34,36,38-40,53-57,59,61H,4-5,7-8,10-11,13-16,20,22-23,51-52H2,1-2H3. The number of hydrogen-bond acceptors (Lipinski definition) is 14. The first kappa shape index (κ1) is 42.4. The highest BCUT2D eigenvalue weighted by Gasteiger charge is 2.58. The number of rotatable bonds is 5. The molecule has 14 nitrogen and oxygen atoms in total. The number of carbonyl (C=O) groups excluding carboxylic acids is 1. The number of aliphatic hydroxyl groups is 3. The minimum atomic E-state index is -1.36. The predicted molar refractivity (Wildman–Crippen MR) is 238 cm³/mol. The van der Waals surface area contributed by atoms with Gasteiger partial charge in [-0.05, 0) is 122 Å². The van der Waals surface area contributed by atoms with Crippen LogP contribution in [0, 0.1) is 17.8 Å². The summed E-state index contributed by atoms with van der Waals surface area (Å²) in [5, 5.41) is 64.2. The van der Waals surface area contributed by atoms with E-state index in [2.05, 4.69) is 22.8 Å². The molecule has 5 heterocycles. The van der Waals surface area contributed by atoms with Crippen molar-refractivity contribution in [3.63, 3.8) is 0 Å². The zero-order valence-corrected chi connectivity index (χ0v) is 36.3. The molecule has 2 fully saturated rings. The minimum Gasteiger partial charge on any atom is -0.508 e. The number of dihydropyridines is 2. The van der Waals surface area contributed by atoms with Crippen molar-refractivity contribution in [1.82, 2.24) is 10.6 Å². The average molecular weight is 875 g/mol. The third-order valence-electron chi connectivity index (χ3n) is 15.8. The monoisotopic (exact) mass is 874 g/mol. The van der Waals surface area contributed by atoms with Gasteiger partial charge in [-0.3, -0.25) is 4.79 Å². The Labute approximate surface area is 371 Å². The fourth-order valence-electron chi connectivity index (χ4n) is 12.7. The molecule has 0 spiro atoms. The highest BCUT2D eigenvalue weighted by atomic mass is 16.6. The van der Waals surface area contributed by atoms with Crippen LogP contribution in [0.5, 0.6) is 17.2 Å². The zero-order chi connectivity index (χ0) is 44.8. The van der Waals surface area contributed by atoms with Crippen LogP contribution in [0.1, 0.15) is 105 Å². The number of allylic oxidation sites excluding steroid dienone is 5. The van der Waals surface area contributed by atoms with E-state index in [1.165, 1.54) is 0 Å². The second-order valence-corrected chi connectivity index (χ2v) is 19.1. The number of aryl methyl sites for hydroxylation is 1. The van der Waals surface area contributed by atoms with E-state index < -0.39 is 65.4 Å². The summed E-state index contributed by atoms with van der Waals surface area (Å²) in [5.41, 5.74) is 16.6. The van der Waals surface area contributed by atoms with Crippen LogP contribution in [0.3, 0.4) is 0 Å². The molecule has 8 unspecified atom stereocenters. The van der Waals surface area contributed by atoms with E-state index in [-0.39, 0.29) is 63.8 Å². The molecule has 3 aromatic rings. The molecule has 14 heteroatoms. The molecule has 4 aliphatic heterocycles. The number of carbonyl (C=O) groups is 1. The van der Waals surface area contributed by atoms with Crippen molar-refractivity contribution in [2.24, 2.45) is 29.2 Å². The second-order valence-electron chi connectivity index (χ2n) is 19.1. The Morgan fingerprint density at radius 1 is 1.08 bits per heavy atom. The average Bonchev–Trinajstić information content (AvgIpc) is 3.64. The first-order valence-corrected chi connectivity index (χ1v) is 22.8. The quantitative estimate of drug-likeness (QED) is 0.124. The molecule has 0 radical (unpaired) electrons. The maximum atomic E-state index is 14.7. The molecule has 338 valence electrons. The summed E-state index contributed by atoms with van der Waals surface area (Å²) in [6.07, 6.45) is 11.6. The van der Waals surface area contributed by atoms with Gasteiger partial charge in [-0.15, -0.1) is 0 Å². The van der Waals surface area contributed by atoms with Gasteiger partial charge in [-0.25, -0.2) is 4.79 Å². The molecule has 0 amide bonds. The molecular formula is C50H58N4O10. The van der Waals surface area contributed by atoms with Gasteiger partial charge in [0.15, 0.2) is 5.43 Å². The van der Waals surface area contributed by atoms with Gasteiger partial charge >= 0.3 is 5.97 Å². The molecule has 11 N–H and O–H groups in total. The maximum Gasteiger partial charge on any atom is 0.337 e. The van der Waals surface area contributed by atoms with Crippen molar-refractivity contribution in [3.05, 3.63) is 121 Å². The van der Waals surface area contributed by atoms with Crippen LogP contribution in [-0.4, -0.2) is 68.1 Å². The number of aliphatic hydroxyl groups excluding tert-OH is 2. The number of phenols is 2. The van der Waals surface area contributed by atoms with E-state index in [0.717, 1.165) is 46.8 Å². The first-order valence-electron chi connectivity index (χ1n) is 22.8. The molecule has 2 saturated carbocycles. The number of benzene rings is 2. The Morgan fingerprint density at radius 3 is 2.62 bits per heavy atom. The van der Waals surface area contributed by atoms with E-state index >= 15 is 0 Å². The van der Waals surface area contributed by atoms with Crippen molar-refractivity contribution in [3.8, 4) is 17.2 Å². The third kappa shape index (κ3) is 6.58. The lowest BCUT2D eigenvalue weighted by Gasteiger charge is -2.52. The summed E-state index contributed by atoms with van der Waals surface area (Å²) in [7, 11) is 0. The minimum absolute atomic E-state index is 0.0139. The summed E-state index contributed by atoms with van der Waals surface area (Å²) < 4.78 is 20.8. The van der Waals surface area contributed by atoms with Crippen LogP contribution in [0.4, 0.5) is 0 Å². The molecule has 7 aliphatic rings. The van der Waals surface area contributed by atoms with Crippen LogP contribution >= 0.6 is 0 Å². The van der Waals surface area contributed by atoms with Gasteiger partial charge in [-0.1, -0.05) is 31.1 Å². The molecule has 8 atom stereocenters. The number of fused-ring (bicyclic) bond motifs is 9. The Bertz CT molecular complexity index is 2670. The van der Waals surface area contributed by atoms with Gasteiger partial charge in [0.1, 0.15) is 58.1 Å². The van der Waals surface area contributed by atoms with Crippen molar-refractivity contribution in [1.29, 1.82) is 0 Å². The van der Waals surface area contributed by atoms with E-state index in [1.807, 2.05) is 19.2 Å². The maximum absolute atomic E-state index is 14.7. The molecule has 4 bridgehead atoms. The number of esters is 1. The fourth-order valence-corrected chi connectivity index (χ4v) is 12.7. The van der Waals surface area contributed by atoms with E-state index in [9.17, 15) is 35.1 Å². The van der Waals surface area contributed by atoms with Gasteiger partial charge in [0, 0.05) is 54.1 Å². The van der Waals surface area contributed by atoms with Gasteiger partial charge in [0.25, 0.3) is 0 Å². The number of nitrogens with two attached hydrogens (primary N) is 2. The molecule has 3 aliphatic carbocycles. The van der Waals surface area contributed by atoms with E-state index in [4.69, 9.17) is 25.4 Å². The van der Waals surface area contributed by atoms with Gasteiger partial charge in [-0.2, -0.15) is 0 Å². The van der Waals surface area contributed by atoms with Crippen LogP contribution in [0.2, 0.25) is 0 Å². The lowest BCUT2D eigenvalue weighted by atomic mass is 9.61. The SMILES string of the molecule is CC=C(C(=O)OC1Cc2c3c(c4oc(CO)cc(=O)c4c2O)C2C4=CCNC(N)=C4C(CCc4ccc(O)cc4C2CO)C2CCC4=CC(N)NC=C4CC2C1(C)O3)C1(O)CCCC1. The Balaban J connectivity index is 1.32. The van der Waals surface area contributed by atoms with Crippen LogP contribution in [0.15, 0.2) is 91.6 Å². The largest absolute Gasteiger partial charge is 0.508 e. The zero-order valence-electron chi connectivity index (χ0n) is 36.3. The number of phenolic OH excluding ortho intramolecular Hbond substituents is 2. The molecule has 64 heavy (non-hydrogen) atoms. The summed E-state index contributed by atoms with van der Waals surface area (Å²) in [5.74, 6) is -2.82. The fraction of sp³-hybridized carbons (Fsp3) is 0.480. The van der Waals surface area contributed by atoms with Crippen molar-refractivity contribution in [2.45, 2.75) is 120 Å². The number of aromatic hydroxyl groups is 2. The first-order chi connectivity index (χ1) is 30.8. The Hall–Kier alpha value is -5.54. The Kier molecular flexibility index (Phi) is 10.5. The smallest absolute Gasteiger partial charge is 0.337 e. The highest BCUT2D eigenvalue weighted by Crippen LogP contribution is 2.61. The lowest BCUT2D eigenvalue weighted by Crippen LogP contribution is -2.59. The van der Waals surface area contributed by atoms with Crippen molar-refractivity contribution < 1.29 is 44.2 Å². The van der Waals surface area contributed by atoms with Crippen molar-refractivity contribution >= 4 is 16.9 Å². The summed E-state index contributed by atoms with van der Waals surface area (Å²) in [4.78, 5) is 29.0. The van der Waals surface area contributed by atoms with Crippen molar-refractivity contribution in [2.75, 3.05) is 13.2 Å². The molecule has 1 aromatic heterocycles. The van der Waals surface area contributed by atoms with Gasteiger partial charge in [0.05, 0.1) is 23.9 Å². The summed E-state index contributed by atoms with van der Waals surface area (Å²) in [6, 6.07) is 6.39. The van der Waals surface area contributed by atoms with Gasteiger partial charge < -0.3 is 61.5 Å². The lowest BCUT2D eigenvalue weighted by molar-refractivity contribution is -0.171. The second kappa shape index (κ2) is 15.9. The van der Waals surface area contributed by atoms with E-state index in [1.54, 1.807) is 25.1 Å². The molecule has 10 rings (SSSR count). The third-order valence-corrected chi connectivity index (χ3v) is 15.8. The van der Waals surface area contributed by atoms with Crippen LogP contribution < -0.4 is 32.3 Å². The van der Waals surface area contributed by atoms with Crippen LogP contribution in [0.25, 0.3) is 11.0 Å². The predicted octanol–water partition coefficient (Wildman–Crippen LogP) is 4.80. The van der Waals surface area contributed by atoms with Crippen LogP contribution in [-0.2, 0) is 29.0 Å².